The third-order valence-corrected chi connectivity index (χ3v) is 3.70. The van der Waals surface area contributed by atoms with Gasteiger partial charge in [-0.15, -0.1) is 0 Å². The molecule has 0 spiro atoms. The number of nitrogens with zero attached hydrogens (tertiary/aromatic N) is 4. The van der Waals surface area contributed by atoms with E-state index in [4.69, 9.17) is 0 Å². The molecule has 0 fully saturated rings. The van der Waals surface area contributed by atoms with Crippen LogP contribution in [-0.4, -0.2) is 38.1 Å². The Morgan fingerprint density at radius 2 is 2.09 bits per heavy atom. The average Bonchev–Trinajstić information content (AvgIpc) is 2.97. The predicted molar refractivity (Wildman–Crippen MR) is 85.7 cm³/mol. The first-order chi connectivity index (χ1) is 10.4. The van der Waals surface area contributed by atoms with Crippen molar-refractivity contribution in [3.63, 3.8) is 0 Å². The first-order valence-corrected chi connectivity index (χ1v) is 7.42. The van der Waals surface area contributed by atoms with Crippen LogP contribution in [-0.2, 0) is 18.4 Å². The van der Waals surface area contributed by atoms with Crippen LogP contribution in [0.5, 0.6) is 0 Å². The molecule has 0 aliphatic carbocycles. The molecule has 0 bridgehead atoms. The Balaban J connectivity index is 1.84. The van der Waals surface area contributed by atoms with E-state index in [0.717, 1.165) is 29.2 Å². The Bertz CT molecular complexity index is 657. The van der Waals surface area contributed by atoms with Crippen LogP contribution in [0.4, 0.5) is 5.69 Å². The fourth-order valence-corrected chi connectivity index (χ4v) is 2.26. The van der Waals surface area contributed by atoms with Gasteiger partial charge in [-0.1, -0.05) is 0 Å². The number of hydrogen-bond donors (Lipinski definition) is 2. The van der Waals surface area contributed by atoms with Crippen molar-refractivity contribution in [1.82, 2.24) is 24.9 Å². The number of aromatic nitrogens is 4. The van der Waals surface area contributed by atoms with Gasteiger partial charge in [0, 0.05) is 19.8 Å². The van der Waals surface area contributed by atoms with Crippen LogP contribution in [0.2, 0.25) is 0 Å². The summed E-state index contributed by atoms with van der Waals surface area (Å²) in [4.78, 5) is 12.2. The summed E-state index contributed by atoms with van der Waals surface area (Å²) >= 11 is 0. The van der Waals surface area contributed by atoms with E-state index in [2.05, 4.69) is 20.8 Å². The molecular weight excluding hydrogens is 280 g/mol. The highest BCUT2D eigenvalue weighted by molar-refractivity contribution is 5.95. The summed E-state index contributed by atoms with van der Waals surface area (Å²) in [5.74, 6) is -0.0594. The van der Waals surface area contributed by atoms with Crippen molar-refractivity contribution < 1.29 is 4.79 Å². The second-order valence-electron chi connectivity index (χ2n) is 5.62. The van der Waals surface area contributed by atoms with Crippen LogP contribution in [0.3, 0.4) is 0 Å². The number of aryl methyl sites for hydroxylation is 3. The summed E-state index contributed by atoms with van der Waals surface area (Å²) in [6.07, 6.45) is 3.80. The van der Waals surface area contributed by atoms with Gasteiger partial charge in [-0.2, -0.15) is 10.2 Å². The molecule has 0 aliphatic heterocycles. The van der Waals surface area contributed by atoms with Crippen molar-refractivity contribution >= 4 is 11.6 Å². The zero-order valence-corrected chi connectivity index (χ0v) is 13.8. The lowest BCUT2D eigenvalue weighted by Crippen LogP contribution is -2.39. The summed E-state index contributed by atoms with van der Waals surface area (Å²) in [6.45, 7) is 9.10. The van der Waals surface area contributed by atoms with Crippen LogP contribution in [0.1, 0.15) is 23.9 Å². The van der Waals surface area contributed by atoms with Crippen LogP contribution < -0.4 is 10.6 Å². The average molecular weight is 304 g/mol. The van der Waals surface area contributed by atoms with E-state index in [1.165, 1.54) is 0 Å². The zero-order valence-electron chi connectivity index (χ0n) is 13.8. The fraction of sp³-hybridized carbons (Fsp3) is 0.533. The second-order valence-corrected chi connectivity index (χ2v) is 5.62. The van der Waals surface area contributed by atoms with Gasteiger partial charge in [0.05, 0.1) is 35.9 Å². The minimum Gasteiger partial charge on any atom is -0.322 e. The van der Waals surface area contributed by atoms with Crippen molar-refractivity contribution in [2.75, 3.05) is 11.9 Å². The summed E-state index contributed by atoms with van der Waals surface area (Å²) in [6, 6.07) is -0.282. The third-order valence-electron chi connectivity index (χ3n) is 3.70. The van der Waals surface area contributed by atoms with Crippen LogP contribution in [0, 0.1) is 20.8 Å². The number of rotatable bonds is 6. The standard InChI is InChI=1S/C15H24N6O/c1-10-8-17-21(9-10)7-6-16-12(3)15(22)18-14-11(2)19-20(5)13(14)4/h8-9,12,16H,6-7H2,1-5H3,(H,18,22)/t12-/m0/s1. The first kappa shape index (κ1) is 16.2. The lowest BCUT2D eigenvalue weighted by atomic mass is 10.2. The number of anilines is 1. The van der Waals surface area contributed by atoms with Crippen molar-refractivity contribution in [3.05, 3.63) is 29.3 Å². The molecule has 2 rings (SSSR count). The van der Waals surface area contributed by atoms with E-state index in [0.29, 0.717) is 6.54 Å². The molecule has 0 unspecified atom stereocenters. The molecular formula is C15H24N6O. The van der Waals surface area contributed by atoms with Gasteiger partial charge in [0.25, 0.3) is 0 Å². The van der Waals surface area contributed by atoms with Crippen molar-refractivity contribution in [1.29, 1.82) is 0 Å². The predicted octanol–water partition coefficient (Wildman–Crippen LogP) is 1.16. The Labute approximate surface area is 130 Å². The minimum absolute atomic E-state index is 0.0594. The van der Waals surface area contributed by atoms with Crippen molar-refractivity contribution in [3.8, 4) is 0 Å². The maximum atomic E-state index is 12.2. The highest BCUT2D eigenvalue weighted by atomic mass is 16.2. The molecule has 2 aromatic heterocycles. The number of nitrogens with one attached hydrogen (secondary N) is 2. The van der Waals surface area contributed by atoms with Gasteiger partial charge in [0.1, 0.15) is 0 Å². The number of amides is 1. The Morgan fingerprint density at radius 1 is 1.36 bits per heavy atom. The van der Waals surface area contributed by atoms with Crippen molar-refractivity contribution in [2.45, 2.75) is 40.3 Å². The van der Waals surface area contributed by atoms with Crippen LogP contribution in [0.15, 0.2) is 12.4 Å². The molecule has 0 saturated carbocycles. The lowest BCUT2D eigenvalue weighted by molar-refractivity contribution is -0.117. The normalized spacial score (nSPS) is 12.4. The SMILES string of the molecule is Cc1cnn(CCN[C@@H](C)C(=O)Nc2c(C)nn(C)c2C)c1. The molecule has 22 heavy (non-hydrogen) atoms. The molecule has 1 amide bonds. The Morgan fingerprint density at radius 3 is 2.64 bits per heavy atom. The van der Waals surface area contributed by atoms with Gasteiger partial charge in [-0.3, -0.25) is 14.2 Å². The van der Waals surface area contributed by atoms with E-state index in [-0.39, 0.29) is 11.9 Å². The molecule has 2 heterocycles. The molecule has 0 aromatic carbocycles. The number of carbonyl (C=O) groups excluding carboxylic acids is 1. The maximum Gasteiger partial charge on any atom is 0.241 e. The fourth-order valence-electron chi connectivity index (χ4n) is 2.26. The van der Waals surface area contributed by atoms with Gasteiger partial charge in [0.2, 0.25) is 5.91 Å². The highest BCUT2D eigenvalue weighted by Crippen LogP contribution is 2.18. The quantitative estimate of drug-likeness (QED) is 0.839. The maximum absolute atomic E-state index is 12.2. The molecule has 2 aromatic rings. The summed E-state index contributed by atoms with van der Waals surface area (Å²) in [5.41, 5.74) is 3.70. The monoisotopic (exact) mass is 304 g/mol. The molecule has 0 radical (unpaired) electrons. The summed E-state index contributed by atoms with van der Waals surface area (Å²) in [5, 5.41) is 14.7. The second kappa shape index (κ2) is 6.74. The van der Waals surface area contributed by atoms with E-state index < -0.39 is 0 Å². The lowest BCUT2D eigenvalue weighted by Gasteiger charge is -2.14. The first-order valence-electron chi connectivity index (χ1n) is 7.42. The molecule has 7 heteroatoms. The number of carbonyl (C=O) groups is 1. The van der Waals surface area contributed by atoms with Crippen LogP contribution >= 0.6 is 0 Å². The largest absolute Gasteiger partial charge is 0.322 e. The van der Waals surface area contributed by atoms with Gasteiger partial charge in [0.15, 0.2) is 0 Å². The van der Waals surface area contributed by atoms with E-state index >= 15 is 0 Å². The molecule has 7 nitrogen and oxygen atoms in total. The topological polar surface area (TPSA) is 76.8 Å². The van der Waals surface area contributed by atoms with E-state index in [1.807, 2.05) is 51.8 Å². The van der Waals surface area contributed by atoms with Gasteiger partial charge in [-0.05, 0) is 33.3 Å². The third kappa shape index (κ3) is 3.73. The minimum atomic E-state index is -0.282. The van der Waals surface area contributed by atoms with Gasteiger partial charge < -0.3 is 10.6 Å². The van der Waals surface area contributed by atoms with E-state index in [9.17, 15) is 4.79 Å². The smallest absolute Gasteiger partial charge is 0.241 e. The zero-order chi connectivity index (χ0) is 16.3. The number of hydrogen-bond acceptors (Lipinski definition) is 4. The summed E-state index contributed by atoms with van der Waals surface area (Å²) in [7, 11) is 1.87. The van der Waals surface area contributed by atoms with Crippen molar-refractivity contribution in [2.24, 2.45) is 7.05 Å². The molecule has 0 aliphatic rings. The van der Waals surface area contributed by atoms with E-state index in [1.54, 1.807) is 4.68 Å². The molecule has 0 saturated heterocycles. The Kier molecular flexibility index (Phi) is 4.97. The van der Waals surface area contributed by atoms with Crippen LogP contribution in [0.25, 0.3) is 0 Å². The molecule has 2 N–H and O–H groups in total. The highest BCUT2D eigenvalue weighted by Gasteiger charge is 2.16. The molecule has 120 valence electrons. The molecule has 1 atom stereocenters. The summed E-state index contributed by atoms with van der Waals surface area (Å²) < 4.78 is 3.63. The Hall–Kier alpha value is -2.15. The van der Waals surface area contributed by atoms with Gasteiger partial charge >= 0.3 is 0 Å². The van der Waals surface area contributed by atoms with Gasteiger partial charge in [-0.25, -0.2) is 0 Å².